The molecule has 3 rings (SSSR count). The second-order valence-electron chi connectivity index (χ2n) is 6.56. The van der Waals surface area contributed by atoms with Crippen molar-refractivity contribution in [3.05, 3.63) is 45.9 Å². The summed E-state index contributed by atoms with van der Waals surface area (Å²) >= 11 is 1.60. The van der Waals surface area contributed by atoms with Gasteiger partial charge in [0.15, 0.2) is 5.96 Å². The van der Waals surface area contributed by atoms with E-state index >= 15 is 0 Å². The van der Waals surface area contributed by atoms with Crippen LogP contribution in [0.5, 0.6) is 5.75 Å². The van der Waals surface area contributed by atoms with Crippen molar-refractivity contribution in [2.24, 2.45) is 4.99 Å². The van der Waals surface area contributed by atoms with E-state index in [1.165, 1.54) is 4.90 Å². The molecule has 1 unspecified atom stereocenters. The number of carbonyl (C=O) groups excluding carboxylic acids is 1. The largest absolute Gasteiger partial charge is 0.493 e. The van der Waals surface area contributed by atoms with Gasteiger partial charge < -0.3 is 20.3 Å². The van der Waals surface area contributed by atoms with E-state index in [2.05, 4.69) is 26.7 Å². The molecule has 0 bridgehead atoms. The molecule has 2 aromatic rings. The number of carbonyl (C=O) groups is 1. The molecule has 8 heteroatoms. The highest BCUT2D eigenvalue weighted by atomic mass is 32.1. The topological polar surface area (TPSA) is 78.9 Å². The van der Waals surface area contributed by atoms with Crippen LogP contribution in [0.25, 0.3) is 0 Å². The number of aromatic nitrogens is 1. The van der Waals surface area contributed by atoms with Gasteiger partial charge in [-0.05, 0) is 13.0 Å². The molecule has 0 spiro atoms. The van der Waals surface area contributed by atoms with Crippen LogP contribution in [0.4, 0.5) is 0 Å². The third-order valence-corrected chi connectivity index (χ3v) is 5.18. The van der Waals surface area contributed by atoms with E-state index in [1.54, 1.807) is 25.4 Å². The molecule has 0 fully saturated rings. The Hall–Kier alpha value is -2.61. The summed E-state index contributed by atoms with van der Waals surface area (Å²) in [4.78, 5) is 22.4. The van der Waals surface area contributed by atoms with Crippen molar-refractivity contribution in [1.82, 2.24) is 20.5 Å². The standard InChI is InChI=1S/C19H25N5O2S/c1-13-12-27-17(22-13)10-20-19(21-11-18(25)24(2)3)23-15-8-9-26-16-7-5-4-6-14(15)16/h4-7,12,15H,8-11H2,1-3H3,(H2,20,21,23). The van der Waals surface area contributed by atoms with Gasteiger partial charge in [-0.3, -0.25) is 4.79 Å². The Kier molecular flexibility index (Phi) is 6.28. The average Bonchev–Trinajstić information content (AvgIpc) is 3.09. The van der Waals surface area contributed by atoms with Crippen LogP contribution in [0.15, 0.2) is 34.6 Å². The van der Waals surface area contributed by atoms with Gasteiger partial charge in [-0.1, -0.05) is 18.2 Å². The first-order chi connectivity index (χ1) is 13.0. The van der Waals surface area contributed by atoms with Gasteiger partial charge in [-0.15, -0.1) is 11.3 Å². The molecule has 2 N–H and O–H groups in total. The van der Waals surface area contributed by atoms with E-state index in [1.807, 2.05) is 30.5 Å². The number of benzene rings is 1. The van der Waals surface area contributed by atoms with Gasteiger partial charge in [-0.2, -0.15) is 0 Å². The zero-order valence-electron chi connectivity index (χ0n) is 15.9. The number of nitrogens with one attached hydrogen (secondary N) is 2. The van der Waals surface area contributed by atoms with Gasteiger partial charge in [0.25, 0.3) is 0 Å². The van der Waals surface area contributed by atoms with Gasteiger partial charge in [0, 0.05) is 37.2 Å². The fourth-order valence-corrected chi connectivity index (χ4v) is 3.45. The fraction of sp³-hybridized carbons (Fsp3) is 0.421. The highest BCUT2D eigenvalue weighted by Crippen LogP contribution is 2.31. The molecule has 1 aromatic heterocycles. The molecule has 1 aromatic carbocycles. The van der Waals surface area contributed by atoms with Crippen molar-refractivity contribution < 1.29 is 9.53 Å². The second-order valence-corrected chi connectivity index (χ2v) is 7.50. The number of aliphatic imine (C=N–C) groups is 1. The van der Waals surface area contributed by atoms with Crippen LogP contribution in [0.1, 0.15) is 28.7 Å². The van der Waals surface area contributed by atoms with Gasteiger partial charge in [0.1, 0.15) is 17.3 Å². The minimum Gasteiger partial charge on any atom is -0.493 e. The van der Waals surface area contributed by atoms with Gasteiger partial charge >= 0.3 is 0 Å². The van der Waals surface area contributed by atoms with Gasteiger partial charge in [0.05, 0.1) is 19.2 Å². The number of amides is 1. The third-order valence-electron chi connectivity index (χ3n) is 4.21. The second kappa shape index (κ2) is 8.85. The summed E-state index contributed by atoms with van der Waals surface area (Å²) in [5, 5.41) is 9.74. The number of likely N-dealkylation sites (N-methyl/N-ethyl adjacent to an activating group) is 1. The van der Waals surface area contributed by atoms with Crippen molar-refractivity contribution in [3.8, 4) is 5.75 Å². The minimum atomic E-state index is -0.0476. The zero-order chi connectivity index (χ0) is 19.2. The summed E-state index contributed by atoms with van der Waals surface area (Å²) < 4.78 is 5.73. The molecule has 1 aliphatic rings. The van der Waals surface area contributed by atoms with Crippen LogP contribution < -0.4 is 15.4 Å². The molecule has 0 aliphatic carbocycles. The summed E-state index contributed by atoms with van der Waals surface area (Å²) in [6.45, 7) is 3.27. The summed E-state index contributed by atoms with van der Waals surface area (Å²) in [6.07, 6.45) is 0.829. The van der Waals surface area contributed by atoms with E-state index in [4.69, 9.17) is 4.74 Å². The Morgan fingerprint density at radius 3 is 2.96 bits per heavy atom. The predicted octanol–water partition coefficient (Wildman–Crippen LogP) is 2.10. The van der Waals surface area contributed by atoms with Crippen LogP contribution in [-0.2, 0) is 11.3 Å². The molecular formula is C19H25N5O2S. The highest BCUT2D eigenvalue weighted by Gasteiger charge is 2.22. The highest BCUT2D eigenvalue weighted by molar-refractivity contribution is 7.09. The quantitative estimate of drug-likeness (QED) is 0.607. The van der Waals surface area contributed by atoms with E-state index in [-0.39, 0.29) is 18.5 Å². The number of guanidine groups is 1. The molecule has 2 heterocycles. The number of hydrogen-bond donors (Lipinski definition) is 2. The monoisotopic (exact) mass is 387 g/mol. The van der Waals surface area contributed by atoms with Gasteiger partial charge in [0.2, 0.25) is 5.91 Å². The molecule has 7 nitrogen and oxygen atoms in total. The van der Waals surface area contributed by atoms with Crippen molar-refractivity contribution in [1.29, 1.82) is 0 Å². The van der Waals surface area contributed by atoms with Crippen molar-refractivity contribution in [2.75, 3.05) is 27.2 Å². The van der Waals surface area contributed by atoms with Crippen LogP contribution >= 0.6 is 11.3 Å². The Labute approximate surface area is 163 Å². The Morgan fingerprint density at radius 2 is 2.22 bits per heavy atom. The Bertz CT molecular complexity index is 818. The molecule has 144 valence electrons. The molecule has 27 heavy (non-hydrogen) atoms. The molecule has 0 saturated heterocycles. The normalized spacial score (nSPS) is 16.3. The summed E-state index contributed by atoms with van der Waals surface area (Å²) in [7, 11) is 3.46. The number of ether oxygens (including phenoxy) is 1. The maximum Gasteiger partial charge on any atom is 0.243 e. The average molecular weight is 388 g/mol. The summed E-state index contributed by atoms with van der Waals surface area (Å²) in [5.74, 6) is 1.44. The minimum absolute atomic E-state index is 0.0476. The van der Waals surface area contributed by atoms with E-state index in [0.29, 0.717) is 19.1 Å². The van der Waals surface area contributed by atoms with Crippen LogP contribution in [-0.4, -0.2) is 49.0 Å². The number of aryl methyl sites for hydroxylation is 1. The zero-order valence-corrected chi connectivity index (χ0v) is 16.7. The molecule has 0 saturated carbocycles. The van der Waals surface area contributed by atoms with E-state index in [0.717, 1.165) is 28.4 Å². The predicted molar refractivity (Wildman–Crippen MR) is 107 cm³/mol. The van der Waals surface area contributed by atoms with Crippen LogP contribution in [0.3, 0.4) is 0 Å². The number of para-hydroxylation sites is 1. The molecule has 0 radical (unpaired) electrons. The first-order valence-electron chi connectivity index (χ1n) is 8.90. The maximum atomic E-state index is 11.9. The number of hydrogen-bond acceptors (Lipinski definition) is 5. The third kappa shape index (κ3) is 5.19. The Balaban J connectivity index is 1.73. The first kappa shape index (κ1) is 19.2. The maximum absolute atomic E-state index is 11.9. The van der Waals surface area contributed by atoms with Gasteiger partial charge in [-0.25, -0.2) is 9.98 Å². The van der Waals surface area contributed by atoms with Crippen molar-refractivity contribution in [2.45, 2.75) is 25.9 Å². The van der Waals surface area contributed by atoms with E-state index in [9.17, 15) is 4.79 Å². The van der Waals surface area contributed by atoms with Crippen LogP contribution in [0.2, 0.25) is 0 Å². The summed E-state index contributed by atoms with van der Waals surface area (Å²) in [5.41, 5.74) is 2.10. The number of nitrogens with zero attached hydrogens (tertiary/aromatic N) is 3. The van der Waals surface area contributed by atoms with Crippen molar-refractivity contribution in [3.63, 3.8) is 0 Å². The lowest BCUT2D eigenvalue weighted by atomic mass is 10.0. The lowest BCUT2D eigenvalue weighted by molar-refractivity contribution is -0.127. The lowest BCUT2D eigenvalue weighted by Crippen LogP contribution is -2.41. The van der Waals surface area contributed by atoms with E-state index < -0.39 is 0 Å². The molecule has 1 aliphatic heterocycles. The number of fused-ring (bicyclic) bond motifs is 1. The fourth-order valence-electron chi connectivity index (χ4n) is 2.74. The first-order valence-corrected chi connectivity index (χ1v) is 9.78. The number of thiazole rings is 1. The molecule has 1 amide bonds. The molecule has 1 atom stereocenters. The lowest BCUT2D eigenvalue weighted by Gasteiger charge is -2.28. The summed E-state index contributed by atoms with van der Waals surface area (Å²) in [6, 6.07) is 8.07. The smallest absolute Gasteiger partial charge is 0.243 e. The Morgan fingerprint density at radius 1 is 1.41 bits per heavy atom. The SMILES string of the molecule is Cc1csc(CNC(=NCC(=O)N(C)C)NC2CCOc3ccccc32)n1. The molecular weight excluding hydrogens is 362 g/mol. The van der Waals surface area contributed by atoms with Crippen molar-refractivity contribution >= 4 is 23.2 Å². The number of rotatable bonds is 5. The van der Waals surface area contributed by atoms with Crippen LogP contribution in [0, 0.1) is 6.92 Å².